The van der Waals surface area contributed by atoms with Gasteiger partial charge in [0.2, 0.25) is 0 Å². The molecule has 0 spiro atoms. The molecule has 1 atom stereocenters. The van der Waals surface area contributed by atoms with Crippen LogP contribution in [0.25, 0.3) is 11.4 Å². The zero-order chi connectivity index (χ0) is 14.5. The minimum atomic E-state index is -0.404. The number of aromatic nitrogens is 3. The maximum absolute atomic E-state index is 12.0. The quantitative estimate of drug-likeness (QED) is 0.762. The lowest BCUT2D eigenvalue weighted by atomic mass is 10.1. The predicted octanol–water partition coefficient (Wildman–Crippen LogP) is 3.09. The van der Waals surface area contributed by atoms with Crippen molar-refractivity contribution in [1.82, 2.24) is 14.6 Å². The first kappa shape index (κ1) is 14.6. The Bertz CT molecular complexity index is 579. The van der Waals surface area contributed by atoms with E-state index in [9.17, 15) is 4.79 Å². The van der Waals surface area contributed by atoms with Crippen molar-refractivity contribution in [2.24, 2.45) is 5.92 Å². The van der Waals surface area contributed by atoms with E-state index >= 15 is 0 Å². The van der Waals surface area contributed by atoms with Gasteiger partial charge in [-0.2, -0.15) is 0 Å². The van der Waals surface area contributed by atoms with Crippen LogP contribution in [0.4, 0.5) is 0 Å². The van der Waals surface area contributed by atoms with E-state index in [0.717, 1.165) is 24.4 Å². The lowest BCUT2D eigenvalue weighted by Crippen LogP contribution is -2.08. The lowest BCUT2D eigenvalue weighted by Gasteiger charge is -2.08. The van der Waals surface area contributed by atoms with Gasteiger partial charge in [0.05, 0.1) is 6.61 Å². The molecular formula is C13H17N3O3S. The van der Waals surface area contributed by atoms with E-state index in [0.29, 0.717) is 34.7 Å². The van der Waals surface area contributed by atoms with Crippen molar-refractivity contribution in [3.63, 3.8) is 0 Å². The standard InChI is InChI=1S/C13H17N3O3S/c1-4-8(2)5-6-18-13(17)12-11(15-16-20-12)10-7-19-9(3)14-10/h7-8H,4-6H2,1-3H3/t8-/m1/s1. The molecule has 0 bridgehead atoms. The molecule has 0 radical (unpaired) electrons. The number of aryl methyl sites for hydroxylation is 1. The van der Waals surface area contributed by atoms with Gasteiger partial charge in [-0.1, -0.05) is 24.8 Å². The van der Waals surface area contributed by atoms with Crippen molar-refractivity contribution < 1.29 is 13.9 Å². The predicted molar refractivity (Wildman–Crippen MR) is 74.5 cm³/mol. The van der Waals surface area contributed by atoms with E-state index in [1.807, 2.05) is 0 Å². The van der Waals surface area contributed by atoms with E-state index in [1.165, 1.54) is 6.26 Å². The van der Waals surface area contributed by atoms with Gasteiger partial charge in [0.1, 0.15) is 17.7 Å². The van der Waals surface area contributed by atoms with Gasteiger partial charge in [-0.05, 0) is 23.9 Å². The molecule has 0 aliphatic heterocycles. The zero-order valence-electron chi connectivity index (χ0n) is 11.8. The molecule has 0 fully saturated rings. The summed E-state index contributed by atoms with van der Waals surface area (Å²) in [6, 6.07) is 0. The maximum Gasteiger partial charge on any atom is 0.352 e. The van der Waals surface area contributed by atoms with Crippen molar-refractivity contribution in [3.8, 4) is 11.4 Å². The summed E-state index contributed by atoms with van der Waals surface area (Å²) in [5.74, 6) is 0.656. The Kier molecular flexibility index (Phi) is 4.84. The van der Waals surface area contributed by atoms with Crippen LogP contribution in [-0.4, -0.2) is 27.1 Å². The number of hydrogen-bond acceptors (Lipinski definition) is 7. The summed E-state index contributed by atoms with van der Waals surface area (Å²) in [4.78, 5) is 16.5. The highest BCUT2D eigenvalue weighted by molar-refractivity contribution is 7.08. The van der Waals surface area contributed by atoms with Gasteiger partial charge in [-0.25, -0.2) is 9.78 Å². The van der Waals surface area contributed by atoms with Crippen LogP contribution in [0, 0.1) is 12.8 Å². The Balaban J connectivity index is 2.02. The molecule has 0 aromatic carbocycles. The van der Waals surface area contributed by atoms with Gasteiger partial charge >= 0.3 is 5.97 Å². The fourth-order valence-electron chi connectivity index (χ4n) is 1.59. The molecule has 0 saturated carbocycles. The second-order valence-electron chi connectivity index (χ2n) is 4.64. The summed E-state index contributed by atoms with van der Waals surface area (Å²) in [5.41, 5.74) is 0.922. The van der Waals surface area contributed by atoms with E-state index < -0.39 is 5.97 Å². The Hall–Kier alpha value is -1.76. The number of ether oxygens (including phenoxy) is 1. The van der Waals surface area contributed by atoms with Crippen LogP contribution >= 0.6 is 11.5 Å². The number of rotatable bonds is 6. The van der Waals surface area contributed by atoms with Gasteiger partial charge in [0.25, 0.3) is 0 Å². The third kappa shape index (κ3) is 3.41. The summed E-state index contributed by atoms with van der Waals surface area (Å²) in [6.07, 6.45) is 3.39. The molecule has 0 N–H and O–H groups in total. The Morgan fingerprint density at radius 2 is 2.35 bits per heavy atom. The summed E-state index contributed by atoms with van der Waals surface area (Å²) in [6.45, 7) is 6.38. The van der Waals surface area contributed by atoms with Crippen molar-refractivity contribution in [1.29, 1.82) is 0 Å². The highest BCUT2D eigenvalue weighted by Crippen LogP contribution is 2.24. The molecule has 20 heavy (non-hydrogen) atoms. The number of carbonyl (C=O) groups excluding carboxylic acids is 1. The van der Waals surface area contributed by atoms with Gasteiger partial charge in [-0.15, -0.1) is 5.10 Å². The van der Waals surface area contributed by atoms with Gasteiger partial charge in [0, 0.05) is 6.92 Å². The van der Waals surface area contributed by atoms with Crippen molar-refractivity contribution in [2.45, 2.75) is 33.6 Å². The fraction of sp³-hybridized carbons (Fsp3) is 0.538. The van der Waals surface area contributed by atoms with E-state index in [-0.39, 0.29) is 0 Å². The number of oxazole rings is 1. The van der Waals surface area contributed by atoms with Crippen LogP contribution in [0.15, 0.2) is 10.7 Å². The minimum absolute atomic E-state index is 0.363. The number of nitrogens with zero attached hydrogens (tertiary/aromatic N) is 3. The molecule has 2 rings (SSSR count). The maximum atomic E-state index is 12.0. The lowest BCUT2D eigenvalue weighted by molar-refractivity contribution is 0.0491. The number of hydrogen-bond donors (Lipinski definition) is 0. The molecule has 6 nitrogen and oxygen atoms in total. The van der Waals surface area contributed by atoms with Crippen molar-refractivity contribution in [2.75, 3.05) is 6.61 Å². The second-order valence-corrected chi connectivity index (χ2v) is 5.39. The highest BCUT2D eigenvalue weighted by Gasteiger charge is 2.21. The first-order chi connectivity index (χ1) is 9.61. The molecule has 0 unspecified atom stereocenters. The van der Waals surface area contributed by atoms with Gasteiger partial charge < -0.3 is 9.15 Å². The SMILES string of the molecule is CC[C@@H](C)CCOC(=O)c1snnc1-c1coc(C)n1. The smallest absolute Gasteiger partial charge is 0.352 e. The van der Waals surface area contributed by atoms with Gasteiger partial charge in [-0.3, -0.25) is 0 Å². The van der Waals surface area contributed by atoms with Crippen LogP contribution < -0.4 is 0 Å². The summed E-state index contributed by atoms with van der Waals surface area (Å²) in [5, 5.41) is 3.93. The minimum Gasteiger partial charge on any atom is -0.461 e. The molecule has 0 amide bonds. The van der Waals surface area contributed by atoms with Crippen LogP contribution in [0.1, 0.15) is 42.3 Å². The summed E-state index contributed by atoms with van der Waals surface area (Å²) in [7, 11) is 0. The zero-order valence-corrected chi connectivity index (χ0v) is 12.6. The van der Waals surface area contributed by atoms with Crippen molar-refractivity contribution >= 4 is 17.5 Å². The largest absolute Gasteiger partial charge is 0.461 e. The van der Waals surface area contributed by atoms with Crippen LogP contribution in [0.3, 0.4) is 0 Å². The number of carbonyl (C=O) groups is 1. The fourth-order valence-corrected chi connectivity index (χ4v) is 2.16. The monoisotopic (exact) mass is 295 g/mol. The Morgan fingerprint density at radius 3 is 3.00 bits per heavy atom. The molecule has 108 valence electrons. The molecule has 0 saturated heterocycles. The van der Waals surface area contributed by atoms with Crippen LogP contribution in [0.2, 0.25) is 0 Å². The summed E-state index contributed by atoms with van der Waals surface area (Å²) >= 11 is 1.01. The second kappa shape index (κ2) is 6.60. The van der Waals surface area contributed by atoms with Crippen LogP contribution in [0.5, 0.6) is 0 Å². The first-order valence-electron chi connectivity index (χ1n) is 6.53. The molecule has 0 aliphatic carbocycles. The third-order valence-corrected chi connectivity index (χ3v) is 3.78. The molecular weight excluding hydrogens is 278 g/mol. The first-order valence-corrected chi connectivity index (χ1v) is 7.31. The average molecular weight is 295 g/mol. The summed E-state index contributed by atoms with van der Waals surface area (Å²) < 4.78 is 14.2. The van der Waals surface area contributed by atoms with Crippen molar-refractivity contribution in [3.05, 3.63) is 17.0 Å². The molecule has 7 heteroatoms. The van der Waals surface area contributed by atoms with E-state index in [2.05, 4.69) is 28.4 Å². The van der Waals surface area contributed by atoms with E-state index in [4.69, 9.17) is 9.15 Å². The third-order valence-electron chi connectivity index (χ3n) is 3.08. The van der Waals surface area contributed by atoms with E-state index in [1.54, 1.807) is 6.92 Å². The Morgan fingerprint density at radius 1 is 1.55 bits per heavy atom. The van der Waals surface area contributed by atoms with Gasteiger partial charge in [0.15, 0.2) is 10.8 Å². The molecule has 0 aliphatic rings. The molecule has 2 aromatic rings. The highest BCUT2D eigenvalue weighted by atomic mass is 32.1. The molecule has 2 heterocycles. The normalized spacial score (nSPS) is 12.3. The molecule has 2 aromatic heterocycles. The average Bonchev–Trinajstić information content (AvgIpc) is 3.06. The topological polar surface area (TPSA) is 78.1 Å². The number of esters is 1. The van der Waals surface area contributed by atoms with Crippen LogP contribution in [-0.2, 0) is 4.74 Å². The Labute approximate surface area is 121 Å².